The van der Waals surface area contributed by atoms with Gasteiger partial charge in [0.1, 0.15) is 5.82 Å². The second-order valence-electron chi connectivity index (χ2n) is 6.64. The molecule has 0 amide bonds. The minimum absolute atomic E-state index is 0.807. The average Bonchev–Trinajstić information content (AvgIpc) is 2.99. The third-order valence-corrected chi connectivity index (χ3v) is 4.96. The number of nitrogens with zero attached hydrogens (tertiary/aromatic N) is 7. The zero-order valence-corrected chi connectivity index (χ0v) is 14.6. The van der Waals surface area contributed by atoms with Crippen LogP contribution in [0.2, 0.25) is 0 Å². The maximum absolute atomic E-state index is 4.85. The van der Waals surface area contributed by atoms with E-state index in [2.05, 4.69) is 29.7 Å². The third kappa shape index (κ3) is 3.81. The normalized spacial score (nSPS) is 19.0. The molecule has 0 atom stereocenters. The number of hydrogen-bond donors (Lipinski definition) is 0. The van der Waals surface area contributed by atoms with Crippen molar-refractivity contribution in [2.24, 2.45) is 0 Å². The van der Waals surface area contributed by atoms with Crippen LogP contribution in [0.15, 0.2) is 30.7 Å². The topological polar surface area (TPSA) is 61.3 Å². The zero-order chi connectivity index (χ0) is 16.9. The Morgan fingerprint density at radius 3 is 1.88 bits per heavy atom. The number of aromatic nitrogens is 4. The molecule has 2 fully saturated rings. The molecule has 0 N–H and O–H groups in total. The summed E-state index contributed by atoms with van der Waals surface area (Å²) in [5.74, 6) is 2.72. The van der Waals surface area contributed by atoms with Gasteiger partial charge in [-0.25, -0.2) is 15.0 Å². The lowest BCUT2D eigenvalue weighted by Crippen LogP contribution is -2.47. The highest BCUT2D eigenvalue weighted by Crippen LogP contribution is 2.20. The van der Waals surface area contributed by atoms with Crippen LogP contribution in [0.1, 0.15) is 25.7 Å². The molecular weight excluding hydrogens is 314 g/mol. The van der Waals surface area contributed by atoms with E-state index in [0.717, 1.165) is 57.0 Å². The summed E-state index contributed by atoms with van der Waals surface area (Å²) in [6.07, 6.45) is 10.7. The Kier molecular flexibility index (Phi) is 4.90. The number of rotatable bonds is 3. The van der Waals surface area contributed by atoms with E-state index in [9.17, 15) is 0 Å². The summed E-state index contributed by atoms with van der Waals surface area (Å²) >= 11 is 0. The predicted molar refractivity (Wildman–Crippen MR) is 99.2 cm³/mol. The largest absolute Gasteiger partial charge is 0.356 e. The molecule has 2 saturated heterocycles. The molecule has 2 aliphatic heterocycles. The van der Waals surface area contributed by atoms with E-state index in [4.69, 9.17) is 4.98 Å². The van der Waals surface area contributed by atoms with Crippen LogP contribution in [0, 0.1) is 0 Å². The highest BCUT2D eigenvalue weighted by Gasteiger charge is 2.21. The van der Waals surface area contributed by atoms with Crippen molar-refractivity contribution in [3.05, 3.63) is 30.7 Å². The molecule has 4 heterocycles. The summed E-state index contributed by atoms with van der Waals surface area (Å²) in [5.41, 5.74) is 0. The molecule has 132 valence electrons. The van der Waals surface area contributed by atoms with Crippen molar-refractivity contribution in [1.82, 2.24) is 19.9 Å². The van der Waals surface area contributed by atoms with Crippen LogP contribution in [-0.4, -0.2) is 59.2 Å². The van der Waals surface area contributed by atoms with Gasteiger partial charge in [-0.15, -0.1) is 0 Å². The molecule has 0 saturated carbocycles. The van der Waals surface area contributed by atoms with Gasteiger partial charge in [0, 0.05) is 57.9 Å². The van der Waals surface area contributed by atoms with Crippen molar-refractivity contribution < 1.29 is 0 Å². The van der Waals surface area contributed by atoms with Gasteiger partial charge in [-0.1, -0.05) is 12.8 Å². The van der Waals surface area contributed by atoms with E-state index < -0.39 is 0 Å². The Balaban J connectivity index is 1.42. The van der Waals surface area contributed by atoms with Gasteiger partial charge in [0.25, 0.3) is 0 Å². The van der Waals surface area contributed by atoms with Crippen molar-refractivity contribution in [2.45, 2.75) is 25.7 Å². The lowest BCUT2D eigenvalue weighted by atomic mass is 10.2. The number of piperazine rings is 1. The summed E-state index contributed by atoms with van der Waals surface area (Å²) in [6, 6.07) is 3.89. The molecule has 0 unspecified atom stereocenters. The van der Waals surface area contributed by atoms with Gasteiger partial charge in [0.05, 0.1) is 0 Å². The molecule has 0 spiro atoms. The Morgan fingerprint density at radius 2 is 1.20 bits per heavy atom. The number of anilines is 3. The van der Waals surface area contributed by atoms with E-state index in [1.54, 1.807) is 12.4 Å². The van der Waals surface area contributed by atoms with Crippen molar-refractivity contribution in [2.75, 3.05) is 54.0 Å². The Bertz CT molecular complexity index is 662. The van der Waals surface area contributed by atoms with Gasteiger partial charge >= 0.3 is 0 Å². The molecule has 0 radical (unpaired) electrons. The van der Waals surface area contributed by atoms with Crippen molar-refractivity contribution in [3.8, 4) is 0 Å². The van der Waals surface area contributed by atoms with Crippen LogP contribution in [0.3, 0.4) is 0 Å². The maximum atomic E-state index is 4.85. The van der Waals surface area contributed by atoms with Crippen molar-refractivity contribution in [1.29, 1.82) is 0 Å². The maximum Gasteiger partial charge on any atom is 0.227 e. The molecule has 7 nitrogen and oxygen atoms in total. The van der Waals surface area contributed by atoms with E-state index in [-0.39, 0.29) is 0 Å². The average molecular weight is 339 g/mol. The lowest BCUT2D eigenvalue weighted by molar-refractivity contribution is 0.627. The minimum atomic E-state index is 0.807. The predicted octanol–water partition coefficient (Wildman–Crippen LogP) is 1.97. The minimum Gasteiger partial charge on any atom is -0.356 e. The molecule has 2 aliphatic rings. The monoisotopic (exact) mass is 339 g/mol. The first kappa shape index (κ1) is 16.1. The second-order valence-corrected chi connectivity index (χ2v) is 6.64. The van der Waals surface area contributed by atoms with Crippen LogP contribution in [-0.2, 0) is 0 Å². The Morgan fingerprint density at radius 1 is 0.600 bits per heavy atom. The van der Waals surface area contributed by atoms with E-state index >= 15 is 0 Å². The molecule has 25 heavy (non-hydrogen) atoms. The Labute approximate surface area is 148 Å². The zero-order valence-electron chi connectivity index (χ0n) is 14.6. The first-order valence-corrected chi connectivity index (χ1v) is 9.25. The lowest BCUT2D eigenvalue weighted by Gasteiger charge is -2.35. The SMILES string of the molecule is c1cnc(N2CCN(c3nccc(N4CCCCCC4)n3)CC2)nc1. The molecule has 4 rings (SSSR count). The molecule has 2 aromatic heterocycles. The summed E-state index contributed by atoms with van der Waals surface area (Å²) in [5, 5.41) is 0. The van der Waals surface area contributed by atoms with Crippen LogP contribution < -0.4 is 14.7 Å². The first-order valence-electron chi connectivity index (χ1n) is 9.25. The van der Waals surface area contributed by atoms with Gasteiger partial charge < -0.3 is 14.7 Å². The van der Waals surface area contributed by atoms with Gasteiger partial charge in [-0.05, 0) is 25.0 Å². The van der Waals surface area contributed by atoms with Crippen LogP contribution in [0.5, 0.6) is 0 Å². The van der Waals surface area contributed by atoms with E-state index in [0.29, 0.717) is 0 Å². The van der Waals surface area contributed by atoms with Gasteiger partial charge in [-0.3, -0.25) is 0 Å². The molecular formula is C18H25N7. The molecule has 0 bridgehead atoms. The van der Waals surface area contributed by atoms with Gasteiger partial charge in [0.15, 0.2) is 0 Å². The van der Waals surface area contributed by atoms with Crippen molar-refractivity contribution >= 4 is 17.7 Å². The highest BCUT2D eigenvalue weighted by atomic mass is 15.4. The summed E-state index contributed by atoms with van der Waals surface area (Å²) in [7, 11) is 0. The summed E-state index contributed by atoms with van der Waals surface area (Å²) in [6.45, 7) is 5.77. The molecule has 0 aromatic carbocycles. The van der Waals surface area contributed by atoms with Crippen LogP contribution >= 0.6 is 0 Å². The van der Waals surface area contributed by atoms with Crippen LogP contribution in [0.4, 0.5) is 17.7 Å². The fourth-order valence-electron chi connectivity index (χ4n) is 3.53. The fraction of sp³-hybridized carbons (Fsp3) is 0.556. The summed E-state index contributed by atoms with van der Waals surface area (Å²) < 4.78 is 0. The first-order chi connectivity index (χ1) is 12.4. The fourth-order valence-corrected chi connectivity index (χ4v) is 3.53. The molecule has 7 heteroatoms. The summed E-state index contributed by atoms with van der Waals surface area (Å²) in [4.78, 5) is 24.9. The molecule has 0 aliphatic carbocycles. The van der Waals surface area contributed by atoms with Gasteiger partial charge in [-0.2, -0.15) is 4.98 Å². The van der Waals surface area contributed by atoms with Gasteiger partial charge in [0.2, 0.25) is 11.9 Å². The molecule has 2 aromatic rings. The quantitative estimate of drug-likeness (QED) is 0.847. The Hall–Kier alpha value is -2.44. The van der Waals surface area contributed by atoms with Crippen LogP contribution in [0.25, 0.3) is 0 Å². The highest BCUT2D eigenvalue weighted by molar-refractivity contribution is 5.45. The number of hydrogen-bond acceptors (Lipinski definition) is 7. The van der Waals surface area contributed by atoms with Crippen molar-refractivity contribution in [3.63, 3.8) is 0 Å². The third-order valence-electron chi connectivity index (χ3n) is 4.96. The smallest absolute Gasteiger partial charge is 0.227 e. The standard InChI is InChI=1S/C18H25N7/c1-2-4-11-23(10-3-1)16-6-9-21-18(22-16)25-14-12-24(13-15-25)17-19-7-5-8-20-17/h5-9H,1-4,10-15H2. The van der Waals surface area contributed by atoms with E-state index in [1.165, 1.54) is 25.7 Å². The van der Waals surface area contributed by atoms with E-state index in [1.807, 2.05) is 18.3 Å². The second kappa shape index (κ2) is 7.63.